The number of benzene rings is 1. The van der Waals surface area contributed by atoms with Crippen LogP contribution in [0, 0.1) is 11.3 Å². The van der Waals surface area contributed by atoms with Crippen molar-refractivity contribution in [2.75, 3.05) is 0 Å². The minimum Gasteiger partial charge on any atom is -0.430 e. The molecule has 0 spiro atoms. The molecule has 4 heteroatoms. The lowest BCUT2D eigenvalue weighted by Gasteiger charge is -2.46. The largest absolute Gasteiger partial charge is 0.430 e. The maximum absolute atomic E-state index is 11.4. The van der Waals surface area contributed by atoms with Crippen molar-refractivity contribution in [3.63, 3.8) is 0 Å². The fourth-order valence-corrected chi connectivity index (χ4v) is 5.07. The first-order chi connectivity index (χ1) is 12.4. The van der Waals surface area contributed by atoms with Gasteiger partial charge in [0.1, 0.15) is 11.5 Å². The van der Waals surface area contributed by atoms with Crippen molar-refractivity contribution in [2.24, 2.45) is 11.3 Å². The molecule has 0 amide bonds. The molecule has 1 fully saturated rings. The number of allylic oxidation sites excluding steroid dienone is 3. The SMILES string of the molecule is CC(=O)OC1=CC=C2[C@@H]3CCc4cc(OC(C)=O)ccc4[C@H]3CC[C@]12C. The molecule has 4 nitrogen and oxygen atoms in total. The fraction of sp³-hybridized carbons (Fsp3) is 0.455. The van der Waals surface area contributed by atoms with Crippen molar-refractivity contribution in [1.29, 1.82) is 0 Å². The number of esters is 2. The highest BCUT2D eigenvalue weighted by atomic mass is 16.5. The number of ether oxygens (including phenoxy) is 2. The van der Waals surface area contributed by atoms with Gasteiger partial charge in [0.25, 0.3) is 0 Å². The highest BCUT2D eigenvalue weighted by Crippen LogP contribution is 2.59. The minimum absolute atomic E-state index is 0.151. The Morgan fingerprint density at radius 1 is 1.04 bits per heavy atom. The van der Waals surface area contributed by atoms with Crippen molar-refractivity contribution in [2.45, 2.75) is 52.4 Å². The van der Waals surface area contributed by atoms with E-state index in [4.69, 9.17) is 9.47 Å². The average molecular weight is 352 g/mol. The van der Waals surface area contributed by atoms with E-state index in [9.17, 15) is 9.59 Å². The Bertz CT molecular complexity index is 848. The summed E-state index contributed by atoms with van der Waals surface area (Å²) in [4.78, 5) is 22.7. The van der Waals surface area contributed by atoms with Gasteiger partial charge < -0.3 is 9.47 Å². The van der Waals surface area contributed by atoms with Crippen LogP contribution < -0.4 is 4.74 Å². The van der Waals surface area contributed by atoms with Crippen molar-refractivity contribution >= 4 is 11.9 Å². The molecule has 0 aromatic heterocycles. The normalized spacial score (nSPS) is 28.9. The van der Waals surface area contributed by atoms with Gasteiger partial charge in [-0.3, -0.25) is 9.59 Å². The predicted octanol–water partition coefficient (Wildman–Crippen LogP) is 4.45. The van der Waals surface area contributed by atoms with Gasteiger partial charge in [0.15, 0.2) is 0 Å². The van der Waals surface area contributed by atoms with E-state index in [1.807, 2.05) is 18.2 Å². The summed E-state index contributed by atoms with van der Waals surface area (Å²) >= 11 is 0. The Labute approximate surface area is 153 Å². The summed E-state index contributed by atoms with van der Waals surface area (Å²) in [6.45, 7) is 5.10. The number of hydrogen-bond donors (Lipinski definition) is 0. The zero-order chi connectivity index (χ0) is 18.5. The van der Waals surface area contributed by atoms with E-state index < -0.39 is 0 Å². The van der Waals surface area contributed by atoms with E-state index >= 15 is 0 Å². The van der Waals surface area contributed by atoms with Gasteiger partial charge in [0.2, 0.25) is 0 Å². The molecule has 0 bridgehead atoms. The molecule has 0 N–H and O–H groups in total. The van der Waals surface area contributed by atoms with Gasteiger partial charge >= 0.3 is 11.9 Å². The molecule has 0 heterocycles. The molecule has 1 aromatic rings. The third kappa shape index (κ3) is 2.68. The Balaban J connectivity index is 1.61. The van der Waals surface area contributed by atoms with Gasteiger partial charge in [-0.1, -0.05) is 17.7 Å². The quantitative estimate of drug-likeness (QED) is 0.583. The fourth-order valence-electron chi connectivity index (χ4n) is 5.07. The van der Waals surface area contributed by atoms with E-state index in [2.05, 4.69) is 19.1 Å². The highest BCUT2D eigenvalue weighted by molar-refractivity contribution is 5.69. The van der Waals surface area contributed by atoms with Crippen LogP contribution in [0.1, 0.15) is 57.1 Å². The first-order valence-corrected chi connectivity index (χ1v) is 9.31. The van der Waals surface area contributed by atoms with Gasteiger partial charge in [-0.25, -0.2) is 0 Å². The second-order valence-corrected chi connectivity index (χ2v) is 7.82. The second kappa shape index (κ2) is 6.11. The Hall–Kier alpha value is -2.36. The van der Waals surface area contributed by atoms with Gasteiger partial charge in [0, 0.05) is 19.3 Å². The number of carbonyl (C=O) groups excluding carboxylic acids is 2. The summed E-state index contributed by atoms with van der Waals surface area (Å²) in [5, 5.41) is 0. The molecule has 0 unspecified atom stereocenters. The first-order valence-electron chi connectivity index (χ1n) is 9.31. The second-order valence-electron chi connectivity index (χ2n) is 7.82. The molecule has 3 aliphatic rings. The monoisotopic (exact) mass is 352 g/mol. The maximum Gasteiger partial charge on any atom is 0.308 e. The lowest BCUT2D eigenvalue weighted by molar-refractivity contribution is -0.138. The van der Waals surface area contributed by atoms with Gasteiger partial charge in [-0.05, 0) is 73.8 Å². The van der Waals surface area contributed by atoms with Crippen molar-refractivity contribution in [3.8, 4) is 5.75 Å². The summed E-state index contributed by atoms with van der Waals surface area (Å²) in [6, 6.07) is 6.05. The van der Waals surface area contributed by atoms with Crippen molar-refractivity contribution in [3.05, 3.63) is 52.8 Å². The summed E-state index contributed by atoms with van der Waals surface area (Å²) in [6.07, 6.45) is 8.25. The number of hydrogen-bond acceptors (Lipinski definition) is 4. The maximum atomic E-state index is 11.4. The van der Waals surface area contributed by atoms with E-state index in [0.29, 0.717) is 17.6 Å². The molecule has 26 heavy (non-hydrogen) atoms. The molecular weight excluding hydrogens is 328 g/mol. The molecule has 1 aromatic carbocycles. The molecule has 0 radical (unpaired) electrons. The first kappa shape index (κ1) is 17.1. The van der Waals surface area contributed by atoms with Crippen LogP contribution in [0.3, 0.4) is 0 Å². The van der Waals surface area contributed by atoms with Crippen LogP contribution >= 0.6 is 0 Å². The topological polar surface area (TPSA) is 52.6 Å². The lowest BCUT2D eigenvalue weighted by Crippen LogP contribution is -2.36. The van der Waals surface area contributed by atoms with Gasteiger partial charge in [-0.15, -0.1) is 0 Å². The zero-order valence-corrected chi connectivity index (χ0v) is 15.5. The summed E-state index contributed by atoms with van der Waals surface area (Å²) in [7, 11) is 0. The third-order valence-corrected chi connectivity index (χ3v) is 6.19. The molecule has 3 atom stereocenters. The van der Waals surface area contributed by atoms with Crippen LogP contribution in [-0.2, 0) is 20.7 Å². The molecular formula is C22H24O4. The third-order valence-electron chi connectivity index (χ3n) is 6.19. The summed E-state index contributed by atoms with van der Waals surface area (Å²) < 4.78 is 10.8. The molecule has 0 saturated heterocycles. The molecule has 3 aliphatic carbocycles. The predicted molar refractivity (Wildman–Crippen MR) is 97.6 cm³/mol. The number of carbonyl (C=O) groups is 2. The Kier molecular flexibility index (Phi) is 4.02. The van der Waals surface area contributed by atoms with E-state index in [1.165, 1.54) is 30.5 Å². The molecule has 0 aliphatic heterocycles. The van der Waals surface area contributed by atoms with Crippen LogP contribution in [0.5, 0.6) is 5.75 Å². The smallest absolute Gasteiger partial charge is 0.308 e. The molecule has 1 saturated carbocycles. The lowest BCUT2D eigenvalue weighted by atomic mass is 9.58. The van der Waals surface area contributed by atoms with Crippen molar-refractivity contribution in [1.82, 2.24) is 0 Å². The van der Waals surface area contributed by atoms with Gasteiger partial charge in [0.05, 0.1) is 0 Å². The van der Waals surface area contributed by atoms with E-state index in [1.54, 1.807) is 0 Å². The average Bonchev–Trinajstić information content (AvgIpc) is 2.90. The van der Waals surface area contributed by atoms with E-state index in [-0.39, 0.29) is 17.4 Å². The van der Waals surface area contributed by atoms with E-state index in [0.717, 1.165) is 31.4 Å². The highest BCUT2D eigenvalue weighted by Gasteiger charge is 2.49. The van der Waals surface area contributed by atoms with Crippen LogP contribution in [-0.4, -0.2) is 11.9 Å². The molecule has 4 rings (SSSR count). The standard InChI is InChI=1S/C22H24O4/c1-13(23)25-16-5-7-17-15(12-16)4-6-19-18(17)10-11-22(3)20(19)8-9-21(22)26-14(2)24/h5,7-9,12,18-19H,4,6,10-11H2,1-3H3/t18-,19-,22+/m1/s1. The Morgan fingerprint density at radius 3 is 2.54 bits per heavy atom. The van der Waals surface area contributed by atoms with Crippen LogP contribution in [0.4, 0.5) is 0 Å². The minimum atomic E-state index is -0.285. The zero-order valence-electron chi connectivity index (χ0n) is 15.5. The number of rotatable bonds is 2. The van der Waals surface area contributed by atoms with Gasteiger partial charge in [-0.2, -0.15) is 0 Å². The van der Waals surface area contributed by atoms with Crippen LogP contribution in [0.25, 0.3) is 0 Å². The van der Waals surface area contributed by atoms with Crippen LogP contribution in [0.2, 0.25) is 0 Å². The van der Waals surface area contributed by atoms with Crippen molar-refractivity contribution < 1.29 is 19.1 Å². The summed E-state index contributed by atoms with van der Waals surface area (Å²) in [5.74, 6) is 1.86. The molecule has 136 valence electrons. The number of aryl methyl sites for hydroxylation is 1. The Morgan fingerprint density at radius 2 is 1.81 bits per heavy atom. The summed E-state index contributed by atoms with van der Waals surface area (Å²) in [5.41, 5.74) is 3.92. The van der Waals surface area contributed by atoms with Crippen LogP contribution in [0.15, 0.2) is 41.7 Å². The number of fused-ring (bicyclic) bond motifs is 5.